The molecule has 1 saturated carbocycles. The number of sulfonamides is 1. The van der Waals surface area contributed by atoms with Gasteiger partial charge in [-0.3, -0.25) is 0 Å². The molecule has 9 heteroatoms. The summed E-state index contributed by atoms with van der Waals surface area (Å²) in [7, 11) is -3.54. The summed E-state index contributed by atoms with van der Waals surface area (Å²) >= 11 is 0. The molecule has 3 fully saturated rings. The first-order valence-corrected chi connectivity index (χ1v) is 13.4. The highest BCUT2D eigenvalue weighted by atomic mass is 32.2. The molecule has 1 aliphatic carbocycles. The molecule has 6 rings (SSSR count). The topological polar surface area (TPSA) is 71.3 Å². The molecular weight excluding hydrogens is 453 g/mol. The van der Waals surface area contributed by atoms with Crippen LogP contribution >= 0.6 is 0 Å². The zero-order valence-corrected chi connectivity index (χ0v) is 19.9. The smallest absolute Gasteiger partial charge is 0.221 e. The number of aromatic nitrogens is 3. The van der Waals surface area contributed by atoms with E-state index >= 15 is 4.39 Å². The van der Waals surface area contributed by atoms with Crippen LogP contribution in [0.15, 0.2) is 61.2 Å². The lowest BCUT2D eigenvalue weighted by molar-refractivity contribution is 0.281. The third-order valence-electron chi connectivity index (χ3n) is 7.82. The number of benzene rings is 2. The third-order valence-corrected chi connectivity index (χ3v) is 10.2. The molecule has 1 unspecified atom stereocenters. The zero-order valence-electron chi connectivity index (χ0n) is 19.0. The summed E-state index contributed by atoms with van der Waals surface area (Å²) in [6.45, 7) is 3.73. The summed E-state index contributed by atoms with van der Waals surface area (Å²) in [5, 5.41) is 7.23. The fraction of sp³-hybridized carbons (Fsp3) is 0.440. The molecule has 0 radical (unpaired) electrons. The first-order chi connectivity index (χ1) is 16.4. The average Bonchev–Trinajstić information content (AvgIpc) is 3.19. The SMILES string of the molecule is C[C@H]1CC[C@@H](c2ccccc2)S(=O)(=O)N1Cc1ccc(N2CC3[C@H](C2)[C@H]3n2cnnc2)c(F)c1. The Morgan fingerprint density at radius 1 is 1.00 bits per heavy atom. The van der Waals surface area contributed by atoms with Crippen LogP contribution in [0.4, 0.5) is 10.1 Å². The lowest BCUT2D eigenvalue weighted by Crippen LogP contribution is -2.44. The Hall–Kier alpha value is -2.78. The number of fused-ring (bicyclic) bond motifs is 1. The van der Waals surface area contributed by atoms with Gasteiger partial charge in [-0.2, -0.15) is 4.31 Å². The zero-order chi connectivity index (χ0) is 23.4. The number of anilines is 1. The van der Waals surface area contributed by atoms with E-state index in [1.54, 1.807) is 23.0 Å². The van der Waals surface area contributed by atoms with Crippen molar-refractivity contribution in [3.05, 3.63) is 78.1 Å². The molecule has 2 aromatic carbocycles. The monoisotopic (exact) mass is 481 g/mol. The summed E-state index contributed by atoms with van der Waals surface area (Å²) in [6.07, 6.45) is 4.88. The van der Waals surface area contributed by atoms with E-state index in [1.165, 1.54) is 6.07 Å². The molecule has 7 nitrogen and oxygen atoms in total. The van der Waals surface area contributed by atoms with Crippen LogP contribution in [0.25, 0.3) is 0 Å². The van der Waals surface area contributed by atoms with Crippen LogP contribution in [-0.4, -0.2) is 46.6 Å². The lowest BCUT2D eigenvalue weighted by atomic mass is 10.0. The molecule has 3 heterocycles. The number of piperidine rings is 1. The first-order valence-electron chi connectivity index (χ1n) is 11.9. The maximum Gasteiger partial charge on any atom is 0.221 e. The lowest BCUT2D eigenvalue weighted by Gasteiger charge is -2.37. The molecule has 0 bridgehead atoms. The van der Waals surface area contributed by atoms with Crippen LogP contribution in [0.2, 0.25) is 0 Å². The van der Waals surface area contributed by atoms with Gasteiger partial charge >= 0.3 is 0 Å². The number of hydrogen-bond donors (Lipinski definition) is 0. The van der Waals surface area contributed by atoms with E-state index < -0.39 is 15.3 Å². The normalized spacial score (nSPS) is 30.3. The van der Waals surface area contributed by atoms with E-state index in [9.17, 15) is 8.42 Å². The van der Waals surface area contributed by atoms with Crippen LogP contribution in [0, 0.1) is 17.7 Å². The predicted molar refractivity (Wildman–Crippen MR) is 127 cm³/mol. The second-order valence-corrected chi connectivity index (χ2v) is 11.9. The van der Waals surface area contributed by atoms with Crippen LogP contribution in [0.1, 0.15) is 42.2 Å². The molecule has 178 valence electrons. The minimum atomic E-state index is -3.54. The summed E-state index contributed by atoms with van der Waals surface area (Å²) in [5.74, 6) is 0.690. The van der Waals surface area contributed by atoms with Crippen LogP contribution in [0.5, 0.6) is 0 Å². The van der Waals surface area contributed by atoms with E-state index in [0.29, 0.717) is 35.5 Å². The highest BCUT2D eigenvalue weighted by Gasteiger charge is 2.57. The van der Waals surface area contributed by atoms with Gasteiger partial charge in [0.1, 0.15) is 23.7 Å². The van der Waals surface area contributed by atoms with Gasteiger partial charge in [0.25, 0.3) is 0 Å². The number of hydrogen-bond acceptors (Lipinski definition) is 5. The van der Waals surface area contributed by atoms with Crippen molar-refractivity contribution in [2.24, 2.45) is 11.8 Å². The maximum absolute atomic E-state index is 15.2. The Kier molecular flexibility index (Phi) is 5.22. The van der Waals surface area contributed by atoms with Gasteiger partial charge in [-0.05, 0) is 43.0 Å². The van der Waals surface area contributed by atoms with Crippen LogP contribution in [0.3, 0.4) is 0 Å². The van der Waals surface area contributed by atoms with Gasteiger partial charge in [0, 0.05) is 43.6 Å². The van der Waals surface area contributed by atoms with Crippen molar-refractivity contribution in [3.8, 4) is 0 Å². The first kappa shape index (κ1) is 21.7. The molecule has 0 amide bonds. The van der Waals surface area contributed by atoms with Crippen molar-refractivity contribution in [2.75, 3.05) is 18.0 Å². The maximum atomic E-state index is 15.2. The van der Waals surface area contributed by atoms with Crippen molar-refractivity contribution >= 4 is 15.7 Å². The second kappa shape index (κ2) is 8.16. The van der Waals surface area contributed by atoms with E-state index in [-0.39, 0.29) is 18.4 Å². The second-order valence-electron chi connectivity index (χ2n) is 9.83. The van der Waals surface area contributed by atoms with E-state index in [2.05, 4.69) is 19.7 Å². The average molecular weight is 482 g/mol. The standard InChI is InChI=1S/C25H28FN5O2S/c1-17-7-10-24(19-5-3-2-4-6-19)34(32,33)31(17)12-18-8-9-23(22(26)11-18)29-13-20-21(14-29)25(20)30-15-27-28-16-30/h2-6,8-9,11,15-17,20-21,24-25H,7,10,12-14H2,1H3/t17-,20-,21?,24-,25+/m0/s1. The summed E-state index contributed by atoms with van der Waals surface area (Å²) in [5.41, 5.74) is 2.09. The van der Waals surface area contributed by atoms with E-state index in [0.717, 1.165) is 25.1 Å². The predicted octanol–water partition coefficient (Wildman–Crippen LogP) is 3.78. The molecule has 5 atom stereocenters. The molecule has 34 heavy (non-hydrogen) atoms. The third kappa shape index (κ3) is 3.62. The minimum absolute atomic E-state index is 0.118. The molecule has 2 aliphatic heterocycles. The fourth-order valence-electron chi connectivity index (χ4n) is 5.93. The molecule has 0 spiro atoms. The van der Waals surface area contributed by atoms with Gasteiger partial charge in [0.2, 0.25) is 10.0 Å². The van der Waals surface area contributed by atoms with Crippen molar-refractivity contribution in [3.63, 3.8) is 0 Å². The Balaban J connectivity index is 1.17. The van der Waals surface area contributed by atoms with Gasteiger partial charge < -0.3 is 9.47 Å². The largest absolute Gasteiger partial charge is 0.368 e. The molecule has 2 saturated heterocycles. The molecule has 3 aromatic rings. The Morgan fingerprint density at radius 2 is 1.71 bits per heavy atom. The summed E-state index contributed by atoms with van der Waals surface area (Å²) in [6, 6.07) is 14.9. The summed E-state index contributed by atoms with van der Waals surface area (Å²) in [4.78, 5) is 2.10. The van der Waals surface area contributed by atoms with Crippen LogP contribution < -0.4 is 4.90 Å². The quantitative estimate of drug-likeness (QED) is 0.555. The highest BCUT2D eigenvalue weighted by molar-refractivity contribution is 7.89. The van der Waals surface area contributed by atoms with Gasteiger partial charge in [-0.25, -0.2) is 12.8 Å². The van der Waals surface area contributed by atoms with Crippen LogP contribution in [-0.2, 0) is 16.6 Å². The molecule has 1 aromatic heterocycles. The van der Waals surface area contributed by atoms with E-state index in [1.807, 2.05) is 43.3 Å². The van der Waals surface area contributed by atoms with Crippen molar-refractivity contribution in [1.29, 1.82) is 0 Å². The molecule has 3 aliphatic rings. The molecule has 0 N–H and O–H groups in total. The van der Waals surface area contributed by atoms with Crippen molar-refractivity contribution in [2.45, 2.75) is 43.6 Å². The van der Waals surface area contributed by atoms with Crippen molar-refractivity contribution in [1.82, 2.24) is 19.1 Å². The van der Waals surface area contributed by atoms with Gasteiger partial charge in [0.05, 0.1) is 5.69 Å². The van der Waals surface area contributed by atoms with Gasteiger partial charge in [0.15, 0.2) is 0 Å². The minimum Gasteiger partial charge on any atom is -0.368 e. The fourth-order valence-corrected chi connectivity index (χ4v) is 8.13. The Morgan fingerprint density at radius 3 is 2.38 bits per heavy atom. The van der Waals surface area contributed by atoms with Gasteiger partial charge in [-0.1, -0.05) is 36.4 Å². The number of rotatable bonds is 5. The Labute approximate surface area is 199 Å². The highest BCUT2D eigenvalue weighted by Crippen LogP contribution is 2.55. The van der Waals surface area contributed by atoms with Gasteiger partial charge in [-0.15, -0.1) is 10.2 Å². The molecular formula is C25H28FN5O2S. The van der Waals surface area contributed by atoms with E-state index in [4.69, 9.17) is 0 Å². The number of halogens is 1. The van der Waals surface area contributed by atoms with Crippen molar-refractivity contribution < 1.29 is 12.8 Å². The Bertz CT molecular complexity index is 1270. The number of nitrogens with zero attached hydrogens (tertiary/aromatic N) is 5. The summed E-state index contributed by atoms with van der Waals surface area (Å²) < 4.78 is 45.7.